The summed E-state index contributed by atoms with van der Waals surface area (Å²) in [7, 11) is 1.79. The van der Waals surface area contributed by atoms with Crippen molar-refractivity contribution in [3.8, 4) is 0 Å². The van der Waals surface area contributed by atoms with Crippen molar-refractivity contribution < 1.29 is 0 Å². The lowest BCUT2D eigenvalue weighted by Gasteiger charge is -2.18. The number of anilines is 1. The van der Waals surface area contributed by atoms with Crippen molar-refractivity contribution in [1.82, 2.24) is 4.57 Å². The highest BCUT2D eigenvalue weighted by atomic mass is 16.1. The van der Waals surface area contributed by atoms with E-state index in [-0.39, 0.29) is 5.56 Å². The summed E-state index contributed by atoms with van der Waals surface area (Å²) in [6, 6.07) is 4.08. The number of hydrogen-bond donors (Lipinski definition) is 1. The first-order chi connectivity index (χ1) is 8.15. The fraction of sp³-hybridized carbons (Fsp3) is 0.643. The van der Waals surface area contributed by atoms with Gasteiger partial charge in [0.15, 0.2) is 0 Å². The zero-order valence-electron chi connectivity index (χ0n) is 10.8. The molecule has 0 amide bonds. The third kappa shape index (κ3) is 3.35. The van der Waals surface area contributed by atoms with Crippen molar-refractivity contribution in [2.45, 2.75) is 45.1 Å². The first-order valence-electron chi connectivity index (χ1n) is 6.58. The molecular weight excluding hydrogens is 212 g/mol. The summed E-state index contributed by atoms with van der Waals surface area (Å²) < 4.78 is 1.63. The van der Waals surface area contributed by atoms with E-state index >= 15 is 0 Å². The first-order valence-corrected chi connectivity index (χ1v) is 6.58. The van der Waals surface area contributed by atoms with E-state index in [1.807, 2.05) is 12.3 Å². The van der Waals surface area contributed by atoms with E-state index in [1.165, 1.54) is 32.1 Å². The summed E-state index contributed by atoms with van der Waals surface area (Å²) in [5.41, 5.74) is 1.11. The summed E-state index contributed by atoms with van der Waals surface area (Å²) in [4.78, 5) is 11.3. The highest BCUT2D eigenvalue weighted by molar-refractivity contribution is 5.41. The van der Waals surface area contributed by atoms with Gasteiger partial charge in [0, 0.05) is 25.4 Å². The van der Waals surface area contributed by atoms with Crippen LogP contribution in [0.5, 0.6) is 0 Å². The molecule has 1 fully saturated rings. The van der Waals surface area contributed by atoms with Crippen LogP contribution < -0.4 is 10.9 Å². The molecule has 1 aliphatic carbocycles. The van der Waals surface area contributed by atoms with E-state index in [9.17, 15) is 4.79 Å². The van der Waals surface area contributed by atoms with Crippen LogP contribution in [0.3, 0.4) is 0 Å². The second kappa shape index (κ2) is 5.39. The van der Waals surface area contributed by atoms with Crippen molar-refractivity contribution in [2.24, 2.45) is 13.0 Å². The number of aromatic nitrogens is 1. The molecule has 2 unspecified atom stereocenters. The molecule has 3 heteroatoms. The van der Waals surface area contributed by atoms with Crippen LogP contribution in [0.1, 0.15) is 39.0 Å². The maximum Gasteiger partial charge on any atom is 0.250 e. The van der Waals surface area contributed by atoms with Gasteiger partial charge in [0.05, 0.1) is 5.69 Å². The average molecular weight is 234 g/mol. The predicted molar refractivity (Wildman–Crippen MR) is 71.3 cm³/mol. The second-order valence-electron chi connectivity index (χ2n) is 5.32. The van der Waals surface area contributed by atoms with Gasteiger partial charge >= 0.3 is 0 Å². The lowest BCUT2D eigenvalue weighted by molar-refractivity contribution is 0.502. The molecule has 1 saturated carbocycles. The molecule has 0 spiro atoms. The molecule has 2 rings (SSSR count). The molecule has 1 N–H and O–H groups in total. The Kier molecular flexibility index (Phi) is 3.87. The van der Waals surface area contributed by atoms with Crippen LogP contribution in [0.25, 0.3) is 0 Å². The summed E-state index contributed by atoms with van der Waals surface area (Å²) in [5, 5.41) is 3.55. The number of aryl methyl sites for hydroxylation is 1. The maximum atomic E-state index is 11.3. The number of nitrogens with zero attached hydrogens (tertiary/aromatic N) is 1. The Labute approximate surface area is 103 Å². The van der Waals surface area contributed by atoms with Crippen LogP contribution in [0.4, 0.5) is 5.69 Å². The Morgan fingerprint density at radius 3 is 2.82 bits per heavy atom. The SMILES string of the molecule is CC1CCCC(Nc2ccc(=O)n(C)c2)CC1. The molecule has 2 atom stereocenters. The van der Waals surface area contributed by atoms with Gasteiger partial charge in [0.25, 0.3) is 0 Å². The fourth-order valence-electron chi connectivity index (χ4n) is 2.55. The van der Waals surface area contributed by atoms with Crippen LogP contribution in [-0.4, -0.2) is 10.6 Å². The van der Waals surface area contributed by atoms with Crippen molar-refractivity contribution >= 4 is 5.69 Å². The molecule has 94 valence electrons. The van der Waals surface area contributed by atoms with E-state index in [1.54, 1.807) is 17.7 Å². The smallest absolute Gasteiger partial charge is 0.250 e. The molecule has 3 nitrogen and oxygen atoms in total. The summed E-state index contributed by atoms with van der Waals surface area (Å²) in [6.45, 7) is 2.34. The first kappa shape index (κ1) is 12.2. The van der Waals surface area contributed by atoms with Gasteiger partial charge in [-0.05, 0) is 31.2 Å². The number of rotatable bonds is 2. The van der Waals surface area contributed by atoms with Gasteiger partial charge in [0.2, 0.25) is 5.56 Å². The van der Waals surface area contributed by atoms with Gasteiger partial charge < -0.3 is 9.88 Å². The van der Waals surface area contributed by atoms with E-state index in [4.69, 9.17) is 0 Å². The highest BCUT2D eigenvalue weighted by Crippen LogP contribution is 2.24. The monoisotopic (exact) mass is 234 g/mol. The molecule has 0 radical (unpaired) electrons. The molecule has 17 heavy (non-hydrogen) atoms. The minimum atomic E-state index is 0.0463. The van der Waals surface area contributed by atoms with Crippen LogP contribution in [-0.2, 0) is 7.05 Å². The van der Waals surface area contributed by atoms with Gasteiger partial charge in [-0.15, -0.1) is 0 Å². The largest absolute Gasteiger partial charge is 0.381 e. The number of nitrogens with one attached hydrogen (secondary N) is 1. The van der Waals surface area contributed by atoms with Crippen LogP contribution in [0.2, 0.25) is 0 Å². The summed E-state index contributed by atoms with van der Waals surface area (Å²) >= 11 is 0. The topological polar surface area (TPSA) is 34.0 Å². The van der Waals surface area contributed by atoms with Gasteiger partial charge in [-0.3, -0.25) is 4.79 Å². The molecule has 0 aromatic carbocycles. The Morgan fingerprint density at radius 2 is 2.06 bits per heavy atom. The standard InChI is InChI=1S/C14H22N2O/c1-11-4-3-5-12(7-6-11)15-13-8-9-14(17)16(2)10-13/h8-12,15H,3-7H2,1-2H3. The second-order valence-corrected chi connectivity index (χ2v) is 5.32. The molecule has 0 saturated heterocycles. The van der Waals surface area contributed by atoms with E-state index in [0.717, 1.165) is 11.6 Å². The molecule has 0 bridgehead atoms. The van der Waals surface area contributed by atoms with Crippen molar-refractivity contribution in [3.05, 3.63) is 28.7 Å². The van der Waals surface area contributed by atoms with Crippen LogP contribution >= 0.6 is 0 Å². The fourth-order valence-corrected chi connectivity index (χ4v) is 2.55. The van der Waals surface area contributed by atoms with E-state index < -0.39 is 0 Å². The van der Waals surface area contributed by atoms with Crippen LogP contribution in [0, 0.1) is 5.92 Å². The molecule has 1 heterocycles. The Hall–Kier alpha value is -1.25. The lowest BCUT2D eigenvalue weighted by atomic mass is 10.0. The number of hydrogen-bond acceptors (Lipinski definition) is 2. The molecule has 0 aliphatic heterocycles. The molecule has 1 aromatic heterocycles. The van der Waals surface area contributed by atoms with Crippen molar-refractivity contribution in [3.63, 3.8) is 0 Å². The third-order valence-electron chi connectivity index (χ3n) is 3.71. The zero-order chi connectivity index (χ0) is 12.3. The van der Waals surface area contributed by atoms with E-state index in [0.29, 0.717) is 6.04 Å². The third-order valence-corrected chi connectivity index (χ3v) is 3.71. The van der Waals surface area contributed by atoms with Crippen LogP contribution in [0.15, 0.2) is 23.1 Å². The summed E-state index contributed by atoms with van der Waals surface area (Å²) in [6.07, 6.45) is 8.34. The minimum Gasteiger partial charge on any atom is -0.381 e. The van der Waals surface area contributed by atoms with Gasteiger partial charge in [-0.25, -0.2) is 0 Å². The molecular formula is C14H22N2O. The average Bonchev–Trinajstić information content (AvgIpc) is 2.49. The quantitative estimate of drug-likeness (QED) is 0.798. The molecule has 1 aliphatic rings. The Bertz CT molecular complexity index is 424. The maximum absolute atomic E-state index is 11.3. The van der Waals surface area contributed by atoms with Gasteiger partial charge in [-0.1, -0.05) is 19.8 Å². The Balaban J connectivity index is 2.00. The van der Waals surface area contributed by atoms with Gasteiger partial charge in [0.1, 0.15) is 0 Å². The van der Waals surface area contributed by atoms with Crippen molar-refractivity contribution in [2.75, 3.05) is 5.32 Å². The molecule has 1 aromatic rings. The Morgan fingerprint density at radius 1 is 1.24 bits per heavy atom. The summed E-state index contributed by atoms with van der Waals surface area (Å²) in [5.74, 6) is 0.863. The highest BCUT2D eigenvalue weighted by Gasteiger charge is 2.15. The minimum absolute atomic E-state index is 0.0463. The lowest BCUT2D eigenvalue weighted by Crippen LogP contribution is -2.21. The predicted octanol–water partition coefficient (Wildman–Crippen LogP) is 2.77. The van der Waals surface area contributed by atoms with Gasteiger partial charge in [-0.2, -0.15) is 0 Å². The zero-order valence-corrected chi connectivity index (χ0v) is 10.8. The van der Waals surface area contributed by atoms with Crippen molar-refractivity contribution in [1.29, 1.82) is 0 Å². The normalized spacial score (nSPS) is 25.3. The number of pyridine rings is 1. The van der Waals surface area contributed by atoms with E-state index in [2.05, 4.69) is 12.2 Å².